The SMILES string of the molecule is Cl.Cl.NC1CCN(C2CC2)CC1.O=C(O)c1ccc2c(c1)nc(C(=O)NC1CCN(C3CC3)CC1)n2Cc1cc(-c2ccc(Cl)s2)on1. The summed E-state index contributed by atoms with van der Waals surface area (Å²) >= 11 is 7.44. The van der Waals surface area contributed by atoms with E-state index in [1.807, 2.05) is 12.1 Å². The van der Waals surface area contributed by atoms with Gasteiger partial charge in [-0.25, -0.2) is 9.78 Å². The molecule has 48 heavy (non-hydrogen) atoms. The maximum Gasteiger partial charge on any atom is 0.335 e. The molecule has 4 aliphatic rings. The van der Waals surface area contributed by atoms with Gasteiger partial charge in [0.1, 0.15) is 5.69 Å². The summed E-state index contributed by atoms with van der Waals surface area (Å²) in [5.41, 5.74) is 7.61. The number of carboxylic acids is 1. The molecule has 3 aromatic heterocycles. The Bertz CT molecular complexity index is 1700. The largest absolute Gasteiger partial charge is 0.478 e. The minimum atomic E-state index is -1.05. The van der Waals surface area contributed by atoms with E-state index in [4.69, 9.17) is 21.9 Å². The number of aromatic nitrogens is 3. The van der Waals surface area contributed by atoms with Crippen LogP contribution < -0.4 is 11.1 Å². The Hall–Kier alpha value is -2.71. The molecule has 4 aromatic rings. The predicted octanol–water partition coefficient (Wildman–Crippen LogP) is 5.92. The van der Waals surface area contributed by atoms with Crippen LogP contribution in [0.2, 0.25) is 4.34 Å². The van der Waals surface area contributed by atoms with Crippen molar-refractivity contribution in [3.8, 4) is 10.6 Å². The van der Waals surface area contributed by atoms with Gasteiger partial charge in [-0.05, 0) is 94.8 Å². The second kappa shape index (κ2) is 15.9. The molecule has 2 aliphatic heterocycles. The number of thiophene rings is 1. The van der Waals surface area contributed by atoms with Gasteiger partial charge in [-0.15, -0.1) is 36.2 Å². The summed E-state index contributed by atoms with van der Waals surface area (Å²) in [6, 6.07) is 12.4. The number of benzene rings is 1. The third-order valence-corrected chi connectivity index (χ3v) is 10.7. The second-order valence-corrected chi connectivity index (χ2v) is 14.7. The summed E-state index contributed by atoms with van der Waals surface area (Å²) in [5, 5.41) is 16.7. The minimum absolute atomic E-state index is 0. The molecule has 1 amide bonds. The number of amides is 1. The van der Waals surface area contributed by atoms with E-state index >= 15 is 0 Å². The van der Waals surface area contributed by atoms with Gasteiger partial charge in [-0.3, -0.25) is 4.79 Å². The van der Waals surface area contributed by atoms with Gasteiger partial charge in [-0.2, -0.15) is 0 Å². The molecule has 0 unspecified atom stereocenters. The van der Waals surface area contributed by atoms with Crippen molar-refractivity contribution in [3.63, 3.8) is 0 Å². The number of nitrogens with zero attached hydrogens (tertiary/aromatic N) is 5. The molecular formula is C33H42Cl3N7O4S. The molecule has 260 valence electrons. The first kappa shape index (κ1) is 36.6. The number of hydrogen-bond acceptors (Lipinski definition) is 9. The first-order chi connectivity index (χ1) is 22.3. The maximum atomic E-state index is 13.4. The number of hydrogen-bond donors (Lipinski definition) is 3. The Morgan fingerprint density at radius 3 is 2.17 bits per heavy atom. The number of fused-ring (bicyclic) bond motifs is 1. The molecule has 0 spiro atoms. The van der Waals surface area contributed by atoms with Gasteiger partial charge in [0.2, 0.25) is 0 Å². The molecule has 2 aliphatic carbocycles. The first-order valence-electron chi connectivity index (χ1n) is 16.3. The first-order valence-corrected chi connectivity index (χ1v) is 17.5. The Morgan fingerprint density at radius 1 is 0.938 bits per heavy atom. The van der Waals surface area contributed by atoms with E-state index in [2.05, 4.69) is 25.3 Å². The molecule has 4 N–H and O–H groups in total. The van der Waals surface area contributed by atoms with Gasteiger partial charge in [0.15, 0.2) is 11.6 Å². The second-order valence-electron chi connectivity index (χ2n) is 12.9. The number of carbonyl (C=O) groups excluding carboxylic acids is 1. The number of imidazole rings is 1. The van der Waals surface area contributed by atoms with Crippen molar-refractivity contribution in [3.05, 3.63) is 57.8 Å². The third-order valence-electron chi connectivity index (χ3n) is 9.46. The molecule has 4 fully saturated rings. The van der Waals surface area contributed by atoms with Gasteiger partial charge in [0, 0.05) is 43.3 Å². The van der Waals surface area contributed by atoms with Crippen LogP contribution in [0.5, 0.6) is 0 Å². The number of carboxylic acid groups (broad SMARTS) is 1. The van der Waals surface area contributed by atoms with E-state index in [1.54, 1.807) is 16.7 Å². The summed E-state index contributed by atoms with van der Waals surface area (Å²) in [4.78, 5) is 35.4. The zero-order valence-electron chi connectivity index (χ0n) is 26.6. The number of rotatable bonds is 8. The highest BCUT2D eigenvalue weighted by Crippen LogP contribution is 2.32. The van der Waals surface area contributed by atoms with E-state index in [-0.39, 0.29) is 54.7 Å². The number of piperidine rings is 2. The molecule has 0 radical (unpaired) electrons. The van der Waals surface area contributed by atoms with E-state index < -0.39 is 5.97 Å². The van der Waals surface area contributed by atoms with Gasteiger partial charge in [0.25, 0.3) is 5.91 Å². The van der Waals surface area contributed by atoms with E-state index in [0.29, 0.717) is 32.9 Å². The van der Waals surface area contributed by atoms with Crippen molar-refractivity contribution in [1.82, 2.24) is 29.8 Å². The van der Waals surface area contributed by atoms with Crippen molar-refractivity contribution in [2.24, 2.45) is 5.73 Å². The number of aromatic carboxylic acids is 1. The Labute approximate surface area is 301 Å². The van der Waals surface area contributed by atoms with Crippen LogP contribution in [0.4, 0.5) is 0 Å². The van der Waals surface area contributed by atoms with E-state index in [1.165, 1.54) is 75.1 Å². The van der Waals surface area contributed by atoms with Gasteiger partial charge in [0.05, 0.1) is 32.4 Å². The molecule has 1 aromatic carbocycles. The quantitative estimate of drug-likeness (QED) is 0.201. The topological polar surface area (TPSA) is 143 Å². The molecule has 5 heterocycles. The lowest BCUT2D eigenvalue weighted by Crippen LogP contribution is -2.45. The monoisotopic (exact) mass is 737 g/mol. The van der Waals surface area contributed by atoms with Gasteiger partial charge < -0.3 is 35.0 Å². The average Bonchev–Trinajstić information content (AvgIpc) is 3.97. The number of likely N-dealkylation sites (tertiary alicyclic amines) is 2. The van der Waals surface area contributed by atoms with Crippen molar-refractivity contribution in [2.75, 3.05) is 26.2 Å². The molecule has 2 saturated carbocycles. The normalized spacial score (nSPS) is 19.2. The fourth-order valence-electron chi connectivity index (χ4n) is 6.53. The van der Waals surface area contributed by atoms with Crippen LogP contribution >= 0.6 is 47.8 Å². The fraction of sp³-hybridized carbons (Fsp3) is 0.515. The van der Waals surface area contributed by atoms with Crippen molar-refractivity contribution in [2.45, 2.75) is 82.1 Å². The van der Waals surface area contributed by atoms with Crippen LogP contribution in [-0.4, -0.2) is 91.8 Å². The van der Waals surface area contributed by atoms with Gasteiger partial charge in [-0.1, -0.05) is 16.8 Å². The Balaban J connectivity index is 0.000000321. The third kappa shape index (κ3) is 8.71. The molecular weight excluding hydrogens is 697 g/mol. The van der Waals surface area contributed by atoms with Crippen LogP contribution in [0.15, 0.2) is 40.9 Å². The molecule has 0 atom stereocenters. The van der Waals surface area contributed by atoms with Crippen LogP contribution in [0.25, 0.3) is 21.7 Å². The van der Waals surface area contributed by atoms with Crippen molar-refractivity contribution in [1.29, 1.82) is 0 Å². The molecule has 11 nitrogen and oxygen atoms in total. The summed E-state index contributed by atoms with van der Waals surface area (Å²) in [6.45, 7) is 4.73. The molecule has 8 rings (SSSR count). The van der Waals surface area contributed by atoms with Crippen LogP contribution in [0.1, 0.15) is 78.0 Å². The highest BCUT2D eigenvalue weighted by molar-refractivity contribution is 7.19. The lowest BCUT2D eigenvalue weighted by atomic mass is 10.0. The van der Waals surface area contributed by atoms with Crippen molar-refractivity contribution >= 4 is 70.7 Å². The van der Waals surface area contributed by atoms with Gasteiger partial charge >= 0.3 is 5.97 Å². The van der Waals surface area contributed by atoms with Crippen LogP contribution in [0, 0.1) is 0 Å². The van der Waals surface area contributed by atoms with E-state index in [9.17, 15) is 14.7 Å². The average molecular weight is 739 g/mol. The molecule has 15 heteroatoms. The highest BCUT2D eigenvalue weighted by atomic mass is 35.5. The predicted molar refractivity (Wildman–Crippen MR) is 192 cm³/mol. The molecule has 0 bridgehead atoms. The number of halogens is 3. The number of carbonyl (C=O) groups is 2. The Morgan fingerprint density at radius 2 is 1.58 bits per heavy atom. The van der Waals surface area contributed by atoms with E-state index in [0.717, 1.165) is 42.9 Å². The summed E-state index contributed by atoms with van der Waals surface area (Å²) in [6.07, 6.45) is 9.69. The molecule has 2 saturated heterocycles. The number of nitrogens with one attached hydrogen (secondary N) is 1. The summed E-state index contributed by atoms with van der Waals surface area (Å²) in [7, 11) is 0. The zero-order valence-corrected chi connectivity index (χ0v) is 29.8. The number of nitrogens with two attached hydrogens (primary N) is 1. The highest BCUT2D eigenvalue weighted by Gasteiger charge is 2.33. The zero-order chi connectivity index (χ0) is 31.8. The van der Waals surface area contributed by atoms with Crippen LogP contribution in [-0.2, 0) is 6.54 Å². The standard InChI is InChI=1S/C25H24ClN5O4S.C8H16N2.2ClH/c26-22-6-5-21(36-22)20-12-16(29-35-20)13-31-19-4-1-14(25(33)34)11-18(19)28-23(31)24(32)27-15-7-9-30(10-8-15)17-2-3-17;9-7-3-5-10(6-4-7)8-1-2-8;;/h1,4-6,11-12,15,17H,2-3,7-10,13H2,(H,27,32)(H,33,34);7-8H,1-6,9H2;2*1H. The fourth-order valence-corrected chi connectivity index (χ4v) is 7.52. The Kier molecular flexibility index (Phi) is 12.1. The van der Waals surface area contributed by atoms with Crippen molar-refractivity contribution < 1.29 is 19.2 Å². The summed E-state index contributed by atoms with van der Waals surface area (Å²) in [5.74, 6) is -0.508. The maximum absolute atomic E-state index is 13.4. The van der Waals surface area contributed by atoms with Crippen LogP contribution in [0.3, 0.4) is 0 Å². The minimum Gasteiger partial charge on any atom is -0.478 e. The smallest absolute Gasteiger partial charge is 0.335 e. The lowest BCUT2D eigenvalue weighted by Gasteiger charge is -2.32. The summed E-state index contributed by atoms with van der Waals surface area (Å²) < 4.78 is 7.93. The lowest BCUT2D eigenvalue weighted by molar-refractivity contribution is 0.0696.